The van der Waals surface area contributed by atoms with Crippen molar-refractivity contribution in [3.8, 4) is 0 Å². The van der Waals surface area contributed by atoms with Gasteiger partial charge in [0.15, 0.2) is 0 Å². The molecule has 0 aliphatic carbocycles. The van der Waals surface area contributed by atoms with Gasteiger partial charge in [-0.1, -0.05) is 26.2 Å². The van der Waals surface area contributed by atoms with Crippen molar-refractivity contribution in [1.29, 1.82) is 0 Å². The smallest absolute Gasteiger partial charge is 0.0854 e. The molecule has 0 rings (SSSR count). The molecule has 0 saturated heterocycles. The lowest BCUT2D eigenvalue weighted by molar-refractivity contribution is -0.303. The van der Waals surface area contributed by atoms with Crippen LogP contribution in [0.2, 0.25) is 0 Å². The van der Waals surface area contributed by atoms with Crippen LogP contribution in [0.4, 0.5) is 0 Å². The first kappa shape index (κ1) is 7.92. The van der Waals surface area contributed by atoms with Crippen LogP contribution in [-0.2, 0) is 10.1 Å². The van der Waals surface area contributed by atoms with Crippen molar-refractivity contribution in [3.63, 3.8) is 0 Å². The lowest BCUT2D eigenvalue weighted by Gasteiger charge is -1.92. The lowest BCUT2D eigenvalue weighted by Crippen LogP contribution is -1.86. The Kier molecular flexibility index (Phi) is 6.85. The Hall–Kier alpha value is -0.0800. The third-order valence-corrected chi connectivity index (χ3v) is 0.978. The molecular weight excluding hydrogens is 104 g/mol. The second kappa shape index (κ2) is 6.92. The minimum atomic E-state index is 0.347. The van der Waals surface area contributed by atoms with Gasteiger partial charge in [-0.15, -0.1) is 0 Å². The first-order chi connectivity index (χ1) is 3.91. The van der Waals surface area contributed by atoms with Gasteiger partial charge < -0.3 is 0 Å². The van der Waals surface area contributed by atoms with Gasteiger partial charge in [-0.25, -0.2) is 4.89 Å². The molecule has 0 aromatic carbocycles. The number of hydrogen-bond donors (Lipinski definition) is 0. The maximum absolute atomic E-state index is 9.38. The Morgan fingerprint density at radius 2 is 2.00 bits per heavy atom. The molecule has 0 unspecified atom stereocenters. The van der Waals surface area contributed by atoms with E-state index in [1.54, 1.807) is 0 Å². The molecular formula is C6H12O2. The highest BCUT2D eigenvalue weighted by molar-refractivity contribution is 4.41. The van der Waals surface area contributed by atoms with E-state index in [4.69, 9.17) is 0 Å². The predicted molar refractivity (Wildman–Crippen MR) is 30.5 cm³/mol. The third kappa shape index (κ3) is 5.92. The summed E-state index contributed by atoms with van der Waals surface area (Å²) in [5.74, 6) is 0. The quantitative estimate of drug-likeness (QED) is 0.305. The lowest BCUT2D eigenvalue weighted by atomic mass is 10.2. The molecule has 0 bridgehead atoms. The van der Waals surface area contributed by atoms with Crippen molar-refractivity contribution in [2.75, 3.05) is 6.61 Å². The second-order valence-corrected chi connectivity index (χ2v) is 1.74. The standard InChI is InChI=1S/C6H12O2/c1-2-3-4-5-6-8-7/h1-6H2. The molecule has 0 aromatic heterocycles. The molecule has 48 valence electrons. The van der Waals surface area contributed by atoms with Crippen LogP contribution in [0.1, 0.15) is 25.7 Å². The molecule has 0 N–H and O–H groups in total. The fourth-order valence-electron chi connectivity index (χ4n) is 0.515. The van der Waals surface area contributed by atoms with Gasteiger partial charge in [-0.2, -0.15) is 0 Å². The van der Waals surface area contributed by atoms with E-state index in [2.05, 4.69) is 11.8 Å². The Morgan fingerprint density at radius 3 is 2.50 bits per heavy atom. The van der Waals surface area contributed by atoms with Gasteiger partial charge in [0.25, 0.3) is 0 Å². The van der Waals surface area contributed by atoms with E-state index >= 15 is 0 Å². The van der Waals surface area contributed by atoms with Crippen LogP contribution in [-0.4, -0.2) is 6.61 Å². The summed E-state index contributed by atoms with van der Waals surface area (Å²) in [6, 6.07) is 0. The Balaban J connectivity index is 2.53. The normalized spacial score (nSPS) is 9.75. The van der Waals surface area contributed by atoms with Crippen LogP contribution in [0.5, 0.6) is 0 Å². The molecule has 0 amide bonds. The van der Waals surface area contributed by atoms with Crippen molar-refractivity contribution >= 4 is 0 Å². The van der Waals surface area contributed by atoms with Crippen LogP contribution in [0.25, 0.3) is 0 Å². The van der Waals surface area contributed by atoms with Crippen LogP contribution in [0, 0.1) is 6.92 Å². The third-order valence-electron chi connectivity index (χ3n) is 0.978. The summed E-state index contributed by atoms with van der Waals surface area (Å²) < 4.78 is 0. The topological polar surface area (TPSA) is 29.1 Å². The molecule has 0 saturated carbocycles. The molecule has 0 aliphatic heterocycles. The summed E-state index contributed by atoms with van der Waals surface area (Å²) >= 11 is 0. The van der Waals surface area contributed by atoms with Crippen LogP contribution < -0.4 is 0 Å². The summed E-state index contributed by atoms with van der Waals surface area (Å²) in [4.78, 5) is 3.62. The summed E-state index contributed by atoms with van der Waals surface area (Å²) in [5, 5.41) is 9.38. The van der Waals surface area contributed by atoms with Gasteiger partial charge in [0.2, 0.25) is 0 Å². The Morgan fingerprint density at radius 1 is 1.25 bits per heavy atom. The van der Waals surface area contributed by atoms with E-state index in [1.807, 2.05) is 0 Å². The predicted octanol–water partition coefficient (Wildman–Crippen LogP) is 1.74. The van der Waals surface area contributed by atoms with Crippen molar-refractivity contribution in [3.05, 3.63) is 6.92 Å². The monoisotopic (exact) mass is 116 g/mol. The van der Waals surface area contributed by atoms with Gasteiger partial charge >= 0.3 is 0 Å². The fraction of sp³-hybridized carbons (Fsp3) is 0.833. The van der Waals surface area contributed by atoms with E-state index in [0.29, 0.717) is 6.61 Å². The zero-order chi connectivity index (χ0) is 6.24. The average molecular weight is 116 g/mol. The SMILES string of the molecule is [CH2]CCCCCO[O]. The molecule has 0 heterocycles. The average Bonchev–Trinajstić information content (AvgIpc) is 1.81. The minimum absolute atomic E-state index is 0.347. The molecule has 2 radical (unpaired) electrons. The van der Waals surface area contributed by atoms with E-state index in [1.165, 1.54) is 0 Å². The van der Waals surface area contributed by atoms with Crippen LogP contribution in [0.15, 0.2) is 0 Å². The van der Waals surface area contributed by atoms with Gasteiger partial charge in [-0.05, 0) is 11.7 Å². The maximum Gasteiger partial charge on any atom is 0.0854 e. The maximum atomic E-state index is 9.38. The van der Waals surface area contributed by atoms with Gasteiger partial charge in [0, 0.05) is 0 Å². The van der Waals surface area contributed by atoms with Gasteiger partial charge in [-0.3, -0.25) is 0 Å². The fourth-order valence-corrected chi connectivity index (χ4v) is 0.515. The molecule has 8 heavy (non-hydrogen) atoms. The van der Waals surface area contributed by atoms with Crippen molar-refractivity contribution < 1.29 is 10.1 Å². The van der Waals surface area contributed by atoms with E-state index in [0.717, 1.165) is 25.7 Å². The molecule has 0 aromatic rings. The zero-order valence-electron chi connectivity index (χ0n) is 5.06. The Labute approximate surface area is 50.4 Å². The number of hydrogen-bond acceptors (Lipinski definition) is 1. The molecule has 0 spiro atoms. The van der Waals surface area contributed by atoms with Crippen molar-refractivity contribution in [1.82, 2.24) is 0 Å². The Bertz CT molecular complexity index is 31.5. The highest BCUT2D eigenvalue weighted by Crippen LogP contribution is 1.97. The first-order valence-electron chi connectivity index (χ1n) is 2.96. The van der Waals surface area contributed by atoms with E-state index in [-0.39, 0.29) is 0 Å². The molecule has 2 heteroatoms. The summed E-state index contributed by atoms with van der Waals surface area (Å²) in [6.07, 6.45) is 3.99. The van der Waals surface area contributed by atoms with Crippen molar-refractivity contribution in [2.24, 2.45) is 0 Å². The van der Waals surface area contributed by atoms with E-state index < -0.39 is 0 Å². The highest BCUT2D eigenvalue weighted by Gasteiger charge is 1.85. The summed E-state index contributed by atoms with van der Waals surface area (Å²) in [5.41, 5.74) is 0. The number of rotatable bonds is 5. The molecule has 2 nitrogen and oxygen atoms in total. The zero-order valence-corrected chi connectivity index (χ0v) is 5.06. The largest absolute Gasteiger partial charge is 0.204 e. The molecule has 0 aliphatic rings. The minimum Gasteiger partial charge on any atom is -0.204 e. The number of unbranched alkanes of at least 4 members (excludes halogenated alkanes) is 3. The molecule has 0 atom stereocenters. The van der Waals surface area contributed by atoms with Crippen molar-refractivity contribution in [2.45, 2.75) is 25.7 Å². The van der Waals surface area contributed by atoms with Crippen LogP contribution in [0.3, 0.4) is 0 Å². The highest BCUT2D eigenvalue weighted by atomic mass is 17.1. The molecule has 0 fully saturated rings. The summed E-state index contributed by atoms with van der Waals surface area (Å²) in [7, 11) is 0. The second-order valence-electron chi connectivity index (χ2n) is 1.74. The first-order valence-corrected chi connectivity index (χ1v) is 2.96. The van der Waals surface area contributed by atoms with E-state index in [9.17, 15) is 5.26 Å². The van der Waals surface area contributed by atoms with Gasteiger partial charge in [0.1, 0.15) is 0 Å². The summed E-state index contributed by atoms with van der Waals surface area (Å²) in [6.45, 7) is 4.01. The van der Waals surface area contributed by atoms with Crippen LogP contribution >= 0.6 is 0 Å². The van der Waals surface area contributed by atoms with Gasteiger partial charge in [0.05, 0.1) is 6.61 Å².